The molecule has 0 unspecified atom stereocenters. The minimum absolute atomic E-state index is 0.0908. The van der Waals surface area contributed by atoms with E-state index in [2.05, 4.69) is 5.32 Å². The number of hydrogen-bond donors (Lipinski definition) is 2. The van der Waals surface area contributed by atoms with E-state index in [9.17, 15) is 9.90 Å². The topological polar surface area (TPSA) is 58.6 Å². The van der Waals surface area contributed by atoms with Crippen molar-refractivity contribution in [3.05, 3.63) is 29.8 Å². The lowest BCUT2D eigenvalue weighted by Gasteiger charge is -2.31. The maximum atomic E-state index is 11.8. The van der Waals surface area contributed by atoms with Crippen molar-refractivity contribution in [2.24, 2.45) is 0 Å². The lowest BCUT2D eigenvalue weighted by Crippen LogP contribution is -2.39. The lowest BCUT2D eigenvalue weighted by molar-refractivity contribution is -0.127. The zero-order valence-electron chi connectivity index (χ0n) is 12.7. The number of rotatable bonds is 6. The minimum atomic E-state index is -0.792. The largest absolute Gasteiger partial charge is 0.492 e. The van der Waals surface area contributed by atoms with Gasteiger partial charge in [-0.05, 0) is 31.9 Å². The Bertz CT molecular complexity index is 450. The summed E-state index contributed by atoms with van der Waals surface area (Å²) in [5.41, 5.74) is 0.400. The summed E-state index contributed by atoms with van der Waals surface area (Å²) in [6.07, 6.45) is 4.87. The maximum absolute atomic E-state index is 11.8. The number of carbonyl (C=O) groups is 1. The first-order valence-corrected chi connectivity index (χ1v) is 7.76. The van der Waals surface area contributed by atoms with Gasteiger partial charge in [0.05, 0.1) is 18.6 Å². The Hall–Kier alpha value is -1.55. The van der Waals surface area contributed by atoms with E-state index in [0.717, 1.165) is 37.9 Å². The highest BCUT2D eigenvalue weighted by Gasteiger charge is 2.31. The monoisotopic (exact) mass is 291 g/mol. The minimum Gasteiger partial charge on any atom is -0.492 e. The fourth-order valence-electron chi connectivity index (χ4n) is 2.74. The second-order valence-electron chi connectivity index (χ2n) is 5.97. The van der Waals surface area contributed by atoms with Crippen LogP contribution in [0.15, 0.2) is 24.3 Å². The molecule has 0 atom stereocenters. The molecule has 0 aliphatic heterocycles. The van der Waals surface area contributed by atoms with Gasteiger partial charge in [-0.3, -0.25) is 4.79 Å². The molecule has 1 aromatic carbocycles. The molecule has 1 aliphatic carbocycles. The highest BCUT2D eigenvalue weighted by atomic mass is 16.5. The number of hydrogen-bond acceptors (Lipinski definition) is 3. The van der Waals surface area contributed by atoms with Crippen LogP contribution in [0.3, 0.4) is 0 Å². The Balaban J connectivity index is 1.64. The molecule has 1 aromatic rings. The summed E-state index contributed by atoms with van der Waals surface area (Å²) < 4.78 is 5.55. The van der Waals surface area contributed by atoms with Crippen LogP contribution in [-0.2, 0) is 4.79 Å². The molecule has 0 aromatic heterocycles. The number of aryl methyl sites for hydroxylation is 1. The molecular formula is C17H25NO3. The molecule has 116 valence electrons. The predicted octanol–water partition coefficient (Wildman–Crippen LogP) is 2.58. The van der Waals surface area contributed by atoms with Crippen molar-refractivity contribution in [3.8, 4) is 5.75 Å². The molecule has 2 N–H and O–H groups in total. The number of amides is 1. The van der Waals surface area contributed by atoms with Crippen molar-refractivity contribution in [3.63, 3.8) is 0 Å². The van der Waals surface area contributed by atoms with Crippen molar-refractivity contribution < 1.29 is 14.6 Å². The van der Waals surface area contributed by atoms with Gasteiger partial charge in [0.15, 0.2) is 0 Å². The molecule has 4 heteroatoms. The molecule has 0 heterocycles. The van der Waals surface area contributed by atoms with E-state index in [-0.39, 0.29) is 12.3 Å². The molecule has 0 saturated heterocycles. The molecule has 4 nitrogen and oxygen atoms in total. The summed E-state index contributed by atoms with van der Waals surface area (Å²) in [5, 5.41) is 13.1. The zero-order chi connectivity index (χ0) is 15.1. The second kappa shape index (κ2) is 7.46. The molecule has 21 heavy (non-hydrogen) atoms. The summed E-state index contributed by atoms with van der Waals surface area (Å²) in [6, 6.07) is 7.82. The van der Waals surface area contributed by atoms with Gasteiger partial charge in [0, 0.05) is 0 Å². The summed E-state index contributed by atoms with van der Waals surface area (Å²) in [6.45, 7) is 2.93. The number of nitrogens with one attached hydrogen (secondary N) is 1. The van der Waals surface area contributed by atoms with Crippen molar-refractivity contribution in [2.45, 2.75) is 51.0 Å². The van der Waals surface area contributed by atoms with Crippen molar-refractivity contribution in [1.29, 1.82) is 0 Å². The second-order valence-corrected chi connectivity index (χ2v) is 5.97. The molecule has 0 spiro atoms. The van der Waals surface area contributed by atoms with Crippen LogP contribution in [0.2, 0.25) is 0 Å². The molecule has 0 radical (unpaired) electrons. The van der Waals surface area contributed by atoms with Gasteiger partial charge in [0.2, 0.25) is 5.91 Å². The van der Waals surface area contributed by atoms with Gasteiger partial charge < -0.3 is 15.2 Å². The van der Waals surface area contributed by atoms with Crippen molar-refractivity contribution >= 4 is 5.91 Å². The van der Waals surface area contributed by atoms with Crippen LogP contribution in [-0.4, -0.2) is 29.8 Å². The highest BCUT2D eigenvalue weighted by Crippen LogP contribution is 2.30. The first-order valence-electron chi connectivity index (χ1n) is 7.76. The third-order valence-electron chi connectivity index (χ3n) is 3.99. The van der Waals surface area contributed by atoms with E-state index in [4.69, 9.17) is 4.74 Å². The average molecular weight is 291 g/mol. The van der Waals surface area contributed by atoms with E-state index in [1.54, 1.807) is 0 Å². The molecule has 2 rings (SSSR count). The normalized spacial score (nSPS) is 17.2. The van der Waals surface area contributed by atoms with E-state index < -0.39 is 5.60 Å². The summed E-state index contributed by atoms with van der Waals surface area (Å²) in [5.74, 6) is 0.715. The van der Waals surface area contributed by atoms with E-state index in [1.807, 2.05) is 31.2 Å². The average Bonchev–Trinajstić information content (AvgIpc) is 2.46. The van der Waals surface area contributed by atoms with Crippen LogP contribution in [0, 0.1) is 6.92 Å². The van der Waals surface area contributed by atoms with Gasteiger partial charge in [-0.15, -0.1) is 0 Å². The van der Waals surface area contributed by atoms with Gasteiger partial charge in [-0.25, -0.2) is 0 Å². The number of ether oxygens (including phenoxy) is 1. The Labute approximate surface area is 126 Å². The maximum Gasteiger partial charge on any atom is 0.223 e. The van der Waals surface area contributed by atoms with Gasteiger partial charge in [0.1, 0.15) is 12.4 Å². The number of aliphatic hydroxyl groups is 1. The fourth-order valence-corrected chi connectivity index (χ4v) is 2.74. The van der Waals surface area contributed by atoms with Gasteiger partial charge in [-0.1, -0.05) is 37.0 Å². The first-order chi connectivity index (χ1) is 10.1. The van der Waals surface area contributed by atoms with Gasteiger partial charge in [-0.2, -0.15) is 0 Å². The smallest absolute Gasteiger partial charge is 0.223 e. The first kappa shape index (κ1) is 15.8. The molecule has 1 aliphatic rings. The van der Waals surface area contributed by atoms with Crippen LogP contribution < -0.4 is 10.1 Å². The Morgan fingerprint density at radius 1 is 1.24 bits per heavy atom. The molecule has 1 saturated carbocycles. The van der Waals surface area contributed by atoms with Gasteiger partial charge in [0.25, 0.3) is 0 Å². The standard InChI is InChI=1S/C17H25NO3/c1-14-5-7-15(8-6-14)21-12-11-18-16(19)13-17(20)9-3-2-4-10-17/h5-8,20H,2-4,9-13H2,1H3,(H,18,19). The Kier molecular flexibility index (Phi) is 5.62. The van der Waals surface area contributed by atoms with Crippen LogP contribution in [0.25, 0.3) is 0 Å². The third-order valence-corrected chi connectivity index (χ3v) is 3.99. The number of carbonyl (C=O) groups excluding carboxylic acids is 1. The quantitative estimate of drug-likeness (QED) is 0.792. The highest BCUT2D eigenvalue weighted by molar-refractivity contribution is 5.77. The van der Waals surface area contributed by atoms with E-state index >= 15 is 0 Å². The summed E-state index contributed by atoms with van der Waals surface area (Å²) in [7, 11) is 0. The SMILES string of the molecule is Cc1ccc(OCCNC(=O)CC2(O)CCCCC2)cc1. The summed E-state index contributed by atoms with van der Waals surface area (Å²) >= 11 is 0. The van der Waals surface area contributed by atoms with Crippen molar-refractivity contribution in [1.82, 2.24) is 5.32 Å². The Morgan fingerprint density at radius 3 is 2.57 bits per heavy atom. The van der Waals surface area contributed by atoms with Crippen LogP contribution in [0.1, 0.15) is 44.1 Å². The third kappa shape index (κ3) is 5.38. The van der Waals surface area contributed by atoms with E-state index in [1.165, 1.54) is 5.56 Å². The molecule has 0 bridgehead atoms. The van der Waals surface area contributed by atoms with E-state index in [0.29, 0.717) is 13.2 Å². The van der Waals surface area contributed by atoms with Crippen LogP contribution in [0.5, 0.6) is 5.75 Å². The number of benzene rings is 1. The fraction of sp³-hybridized carbons (Fsp3) is 0.588. The molecule has 1 fully saturated rings. The van der Waals surface area contributed by atoms with Crippen LogP contribution >= 0.6 is 0 Å². The molecule has 1 amide bonds. The summed E-state index contributed by atoms with van der Waals surface area (Å²) in [4.78, 5) is 11.8. The van der Waals surface area contributed by atoms with Crippen molar-refractivity contribution in [2.75, 3.05) is 13.2 Å². The predicted molar refractivity (Wildman–Crippen MR) is 82.3 cm³/mol. The van der Waals surface area contributed by atoms with Crippen LogP contribution in [0.4, 0.5) is 0 Å². The zero-order valence-corrected chi connectivity index (χ0v) is 12.7. The molecular weight excluding hydrogens is 266 g/mol. The Morgan fingerprint density at radius 2 is 1.90 bits per heavy atom. The lowest BCUT2D eigenvalue weighted by atomic mass is 9.82. The van der Waals surface area contributed by atoms with Gasteiger partial charge >= 0.3 is 0 Å².